The highest BCUT2D eigenvalue weighted by atomic mass is 19.4. The Morgan fingerprint density at radius 3 is 2.22 bits per heavy atom. The van der Waals surface area contributed by atoms with E-state index in [0.717, 1.165) is 6.07 Å². The van der Waals surface area contributed by atoms with Gasteiger partial charge < -0.3 is 15.7 Å². The lowest BCUT2D eigenvalue weighted by Crippen LogP contribution is -2.50. The fourth-order valence-electron chi connectivity index (χ4n) is 3.87. The summed E-state index contributed by atoms with van der Waals surface area (Å²) in [6.07, 6.45) is -0.732. The molecule has 27 heavy (non-hydrogen) atoms. The predicted octanol–water partition coefficient (Wildman–Crippen LogP) is 3.89. The topological polar surface area (TPSA) is 78.4 Å². The summed E-state index contributed by atoms with van der Waals surface area (Å²) in [4.78, 5) is 23.0. The third-order valence-corrected chi connectivity index (χ3v) is 5.57. The number of aliphatic carboxylic acids is 1. The maximum atomic E-state index is 12.8. The van der Waals surface area contributed by atoms with Gasteiger partial charge in [-0.3, -0.25) is 4.79 Å². The molecular formula is C19H23F3N2O3. The normalized spacial score (nSPS) is 28.1. The van der Waals surface area contributed by atoms with Gasteiger partial charge in [-0.25, -0.2) is 4.79 Å². The van der Waals surface area contributed by atoms with Gasteiger partial charge in [0.15, 0.2) is 0 Å². The summed E-state index contributed by atoms with van der Waals surface area (Å²) in [5, 5.41) is 14.7. The lowest BCUT2D eigenvalue weighted by Gasteiger charge is -2.37. The summed E-state index contributed by atoms with van der Waals surface area (Å²) in [5.74, 6) is -1.09. The second kappa shape index (κ2) is 7.78. The van der Waals surface area contributed by atoms with E-state index in [9.17, 15) is 22.8 Å². The van der Waals surface area contributed by atoms with Gasteiger partial charge in [0.2, 0.25) is 0 Å². The Hall–Kier alpha value is -2.25. The molecular weight excluding hydrogens is 361 g/mol. The zero-order chi connectivity index (χ0) is 19.6. The van der Waals surface area contributed by atoms with Crippen molar-refractivity contribution in [3.05, 3.63) is 35.4 Å². The molecule has 8 heteroatoms. The monoisotopic (exact) mass is 384 g/mol. The van der Waals surface area contributed by atoms with Gasteiger partial charge in [0.1, 0.15) is 0 Å². The maximum absolute atomic E-state index is 12.8. The van der Waals surface area contributed by atoms with E-state index in [4.69, 9.17) is 5.11 Å². The van der Waals surface area contributed by atoms with E-state index < -0.39 is 17.7 Å². The lowest BCUT2D eigenvalue weighted by atomic mass is 9.75. The molecule has 0 heterocycles. The molecule has 3 rings (SSSR count). The van der Waals surface area contributed by atoms with Gasteiger partial charge in [0, 0.05) is 12.1 Å². The summed E-state index contributed by atoms with van der Waals surface area (Å²) in [6, 6.07) is 4.98. The highest BCUT2D eigenvalue weighted by Gasteiger charge is 2.35. The molecule has 0 saturated heterocycles. The minimum Gasteiger partial charge on any atom is -0.481 e. The molecule has 0 unspecified atom stereocenters. The Balaban J connectivity index is 1.42. The van der Waals surface area contributed by atoms with E-state index in [-0.39, 0.29) is 30.0 Å². The number of hydrogen-bond acceptors (Lipinski definition) is 2. The van der Waals surface area contributed by atoms with E-state index in [1.54, 1.807) is 6.07 Å². The van der Waals surface area contributed by atoms with Crippen LogP contribution < -0.4 is 10.6 Å². The summed E-state index contributed by atoms with van der Waals surface area (Å²) < 4.78 is 38.4. The summed E-state index contributed by atoms with van der Waals surface area (Å²) in [5.41, 5.74) is 0.00129. The average Bonchev–Trinajstić information content (AvgIpc) is 2.57. The molecule has 2 aliphatic rings. The Labute approximate surface area is 155 Å². The van der Waals surface area contributed by atoms with Gasteiger partial charge in [0.05, 0.1) is 11.5 Å². The molecule has 1 aromatic rings. The van der Waals surface area contributed by atoms with Crippen LogP contribution in [0.25, 0.3) is 0 Å². The Morgan fingerprint density at radius 1 is 1.00 bits per heavy atom. The molecule has 0 radical (unpaired) electrons. The van der Waals surface area contributed by atoms with Crippen molar-refractivity contribution in [2.45, 2.75) is 62.7 Å². The van der Waals surface area contributed by atoms with Crippen LogP contribution in [0.4, 0.5) is 18.0 Å². The number of halogens is 3. The van der Waals surface area contributed by atoms with Gasteiger partial charge in [-0.1, -0.05) is 18.2 Å². The highest BCUT2D eigenvalue weighted by molar-refractivity contribution is 5.75. The zero-order valence-electron chi connectivity index (χ0n) is 14.8. The number of carbonyl (C=O) groups excluding carboxylic acids is 1. The number of alkyl halides is 3. The van der Waals surface area contributed by atoms with Crippen LogP contribution in [0.5, 0.6) is 0 Å². The number of urea groups is 1. The van der Waals surface area contributed by atoms with Crippen LogP contribution in [0.1, 0.15) is 55.6 Å². The van der Waals surface area contributed by atoms with Gasteiger partial charge in [-0.2, -0.15) is 13.2 Å². The van der Waals surface area contributed by atoms with Crippen molar-refractivity contribution in [2.24, 2.45) is 5.92 Å². The second-order valence-corrected chi connectivity index (χ2v) is 7.49. The predicted molar refractivity (Wildman–Crippen MR) is 92.3 cm³/mol. The molecule has 3 N–H and O–H groups in total. The van der Waals surface area contributed by atoms with Crippen molar-refractivity contribution in [1.82, 2.24) is 10.6 Å². The molecule has 2 fully saturated rings. The maximum Gasteiger partial charge on any atom is 0.416 e. The van der Waals surface area contributed by atoms with E-state index in [1.807, 2.05) is 0 Å². The Morgan fingerprint density at radius 2 is 1.63 bits per heavy atom. The Bertz CT molecular complexity index is 694. The van der Waals surface area contributed by atoms with Crippen LogP contribution in [0, 0.1) is 5.92 Å². The van der Waals surface area contributed by atoms with Crippen molar-refractivity contribution >= 4 is 12.0 Å². The molecule has 1 aromatic carbocycles. The first-order valence-electron chi connectivity index (χ1n) is 9.19. The van der Waals surface area contributed by atoms with Crippen LogP contribution in [0.3, 0.4) is 0 Å². The molecule has 148 valence electrons. The quantitative estimate of drug-likeness (QED) is 0.737. The van der Waals surface area contributed by atoms with E-state index in [1.165, 1.54) is 12.1 Å². The summed E-state index contributed by atoms with van der Waals surface area (Å²) in [7, 11) is 0. The van der Waals surface area contributed by atoms with E-state index >= 15 is 0 Å². The molecule has 2 saturated carbocycles. The van der Waals surface area contributed by atoms with Crippen LogP contribution in [0.2, 0.25) is 0 Å². The van der Waals surface area contributed by atoms with Crippen molar-refractivity contribution in [3.8, 4) is 0 Å². The van der Waals surface area contributed by atoms with Crippen molar-refractivity contribution in [2.75, 3.05) is 0 Å². The second-order valence-electron chi connectivity index (χ2n) is 7.49. The van der Waals surface area contributed by atoms with Gasteiger partial charge in [0.25, 0.3) is 0 Å². The van der Waals surface area contributed by atoms with Crippen molar-refractivity contribution in [3.63, 3.8) is 0 Å². The minimum atomic E-state index is -4.35. The number of benzene rings is 1. The molecule has 2 aliphatic carbocycles. The van der Waals surface area contributed by atoms with Crippen LogP contribution >= 0.6 is 0 Å². The SMILES string of the molecule is O=C(NC1CCC(C(=O)O)CC1)NC1CC(c2cccc(C(F)(F)F)c2)C1. The first-order valence-corrected chi connectivity index (χ1v) is 9.19. The van der Waals surface area contributed by atoms with E-state index in [0.29, 0.717) is 44.1 Å². The first kappa shape index (κ1) is 19.5. The number of amides is 2. The van der Waals surface area contributed by atoms with E-state index in [2.05, 4.69) is 10.6 Å². The number of rotatable bonds is 4. The molecule has 0 aromatic heterocycles. The average molecular weight is 384 g/mol. The summed E-state index contributed by atoms with van der Waals surface area (Å²) >= 11 is 0. The number of carboxylic acid groups (broad SMARTS) is 1. The Kier molecular flexibility index (Phi) is 5.62. The minimum absolute atomic E-state index is 0.0172. The smallest absolute Gasteiger partial charge is 0.416 e. The fourth-order valence-corrected chi connectivity index (χ4v) is 3.87. The number of carbonyl (C=O) groups is 2. The fraction of sp³-hybridized carbons (Fsp3) is 0.579. The first-order chi connectivity index (χ1) is 12.7. The lowest BCUT2D eigenvalue weighted by molar-refractivity contribution is -0.143. The van der Waals surface area contributed by atoms with Gasteiger partial charge in [-0.05, 0) is 56.1 Å². The van der Waals surface area contributed by atoms with Crippen molar-refractivity contribution < 1.29 is 27.9 Å². The molecule has 0 bridgehead atoms. The number of hydrogen-bond donors (Lipinski definition) is 3. The molecule has 2 amide bonds. The zero-order valence-corrected chi connectivity index (χ0v) is 14.8. The van der Waals surface area contributed by atoms with Crippen LogP contribution in [0.15, 0.2) is 24.3 Å². The van der Waals surface area contributed by atoms with Crippen LogP contribution in [-0.2, 0) is 11.0 Å². The number of carboxylic acids is 1. The van der Waals surface area contributed by atoms with Crippen LogP contribution in [-0.4, -0.2) is 29.2 Å². The standard InChI is InChI=1S/C19H23F3N2O3/c20-19(21,22)14-3-1-2-12(8-14)13-9-16(10-13)24-18(27)23-15-6-4-11(5-7-15)17(25)26/h1-3,8,11,13,15-16H,4-7,9-10H2,(H,25,26)(H2,23,24,27). The third kappa shape index (κ3) is 4.93. The van der Waals surface area contributed by atoms with Gasteiger partial charge in [-0.15, -0.1) is 0 Å². The molecule has 0 spiro atoms. The van der Waals surface area contributed by atoms with Gasteiger partial charge >= 0.3 is 18.2 Å². The largest absolute Gasteiger partial charge is 0.481 e. The molecule has 5 nitrogen and oxygen atoms in total. The molecule has 0 aliphatic heterocycles. The number of nitrogens with one attached hydrogen (secondary N) is 2. The van der Waals surface area contributed by atoms with Crippen molar-refractivity contribution in [1.29, 1.82) is 0 Å². The molecule has 0 atom stereocenters. The third-order valence-electron chi connectivity index (χ3n) is 5.57. The highest BCUT2D eigenvalue weighted by Crippen LogP contribution is 2.39. The summed E-state index contributed by atoms with van der Waals surface area (Å²) in [6.45, 7) is 0.